The average molecular weight is 418 g/mol. The van der Waals surface area contributed by atoms with Gasteiger partial charge >= 0.3 is 0 Å². The number of anilines is 2. The Morgan fingerprint density at radius 3 is 2.23 bits per heavy atom. The molecule has 2 amide bonds. The number of amides is 2. The molecular formula is C26H31N3O2. The van der Waals surface area contributed by atoms with Crippen LogP contribution in [0.5, 0.6) is 0 Å². The van der Waals surface area contributed by atoms with Crippen LogP contribution in [0.2, 0.25) is 0 Å². The van der Waals surface area contributed by atoms with Crippen LogP contribution in [0, 0.1) is 13.8 Å². The third kappa shape index (κ3) is 4.22. The summed E-state index contributed by atoms with van der Waals surface area (Å²) in [6.07, 6.45) is 4.50. The monoisotopic (exact) mass is 417 g/mol. The van der Waals surface area contributed by atoms with E-state index >= 15 is 0 Å². The van der Waals surface area contributed by atoms with Gasteiger partial charge in [-0.2, -0.15) is 0 Å². The van der Waals surface area contributed by atoms with E-state index in [0.717, 1.165) is 41.9 Å². The molecule has 0 bridgehead atoms. The van der Waals surface area contributed by atoms with Crippen molar-refractivity contribution >= 4 is 28.8 Å². The van der Waals surface area contributed by atoms with E-state index in [-0.39, 0.29) is 11.8 Å². The lowest BCUT2D eigenvalue weighted by Gasteiger charge is -2.28. The number of hydrogen-bond donors (Lipinski definition) is 1. The topological polar surface area (TPSA) is 52.7 Å². The van der Waals surface area contributed by atoms with Gasteiger partial charge in [-0.1, -0.05) is 25.1 Å². The van der Waals surface area contributed by atoms with Crippen LogP contribution in [0.3, 0.4) is 0 Å². The quantitative estimate of drug-likeness (QED) is 0.680. The van der Waals surface area contributed by atoms with Gasteiger partial charge in [0.05, 0.1) is 5.57 Å². The van der Waals surface area contributed by atoms with Crippen LogP contribution in [-0.4, -0.2) is 36.3 Å². The lowest BCUT2D eigenvalue weighted by atomic mass is 9.99. The zero-order valence-electron chi connectivity index (χ0n) is 18.7. The summed E-state index contributed by atoms with van der Waals surface area (Å²) in [6, 6.07) is 14.1. The molecule has 2 aromatic rings. The summed E-state index contributed by atoms with van der Waals surface area (Å²) >= 11 is 0. The number of benzene rings is 2. The van der Waals surface area contributed by atoms with E-state index in [1.165, 1.54) is 29.8 Å². The number of piperidine rings is 1. The summed E-state index contributed by atoms with van der Waals surface area (Å²) in [5.74, 6) is -0.470. The maximum Gasteiger partial charge on any atom is 0.278 e. The van der Waals surface area contributed by atoms with E-state index in [1.54, 1.807) is 0 Å². The van der Waals surface area contributed by atoms with Crippen LogP contribution in [0.15, 0.2) is 48.2 Å². The second kappa shape index (κ2) is 8.96. The molecule has 0 aromatic heterocycles. The fourth-order valence-electron chi connectivity index (χ4n) is 4.34. The first-order valence-corrected chi connectivity index (χ1v) is 11.3. The standard InChI is InChI=1S/C26H31N3O2/c1-4-14-29-25(30)23(20-9-8-18(2)19(3)17-20)24(26(29)31)27-21-10-12-22(13-11-21)28-15-6-5-7-16-28/h8-13,17,27H,4-7,14-16H2,1-3H3. The van der Waals surface area contributed by atoms with Gasteiger partial charge in [0.25, 0.3) is 11.8 Å². The fourth-order valence-corrected chi connectivity index (χ4v) is 4.34. The molecule has 31 heavy (non-hydrogen) atoms. The number of rotatable bonds is 6. The third-order valence-electron chi connectivity index (χ3n) is 6.27. The number of carbonyl (C=O) groups is 2. The maximum atomic E-state index is 13.2. The molecule has 162 valence electrons. The van der Waals surface area contributed by atoms with E-state index in [0.29, 0.717) is 17.8 Å². The lowest BCUT2D eigenvalue weighted by Crippen LogP contribution is -2.33. The molecule has 4 rings (SSSR count). The van der Waals surface area contributed by atoms with Crippen molar-refractivity contribution in [2.45, 2.75) is 46.5 Å². The van der Waals surface area contributed by atoms with Gasteiger partial charge in [0.15, 0.2) is 0 Å². The van der Waals surface area contributed by atoms with Crippen LogP contribution in [0.1, 0.15) is 49.3 Å². The normalized spacial score (nSPS) is 17.0. The van der Waals surface area contributed by atoms with Gasteiger partial charge in [-0.05, 0) is 80.5 Å². The Morgan fingerprint density at radius 1 is 0.871 bits per heavy atom. The second-order valence-electron chi connectivity index (χ2n) is 8.53. The molecule has 5 heteroatoms. The van der Waals surface area contributed by atoms with E-state index in [9.17, 15) is 9.59 Å². The molecule has 5 nitrogen and oxygen atoms in total. The van der Waals surface area contributed by atoms with Gasteiger partial charge in [0, 0.05) is 31.0 Å². The first-order chi connectivity index (χ1) is 15.0. The zero-order valence-corrected chi connectivity index (χ0v) is 18.7. The fraction of sp³-hybridized carbons (Fsp3) is 0.385. The SMILES string of the molecule is CCCN1C(=O)C(Nc2ccc(N3CCCCC3)cc2)=C(c2ccc(C)c(C)c2)C1=O. The largest absolute Gasteiger partial charge is 0.372 e. The molecule has 0 saturated carbocycles. The number of hydrogen-bond acceptors (Lipinski definition) is 4. The van der Waals surface area contributed by atoms with Crippen LogP contribution < -0.4 is 10.2 Å². The minimum atomic E-state index is -0.250. The van der Waals surface area contributed by atoms with Gasteiger partial charge < -0.3 is 10.2 Å². The minimum absolute atomic E-state index is 0.220. The number of nitrogens with zero attached hydrogens (tertiary/aromatic N) is 2. The molecule has 0 atom stereocenters. The predicted octanol–water partition coefficient (Wildman–Crippen LogP) is 4.90. The summed E-state index contributed by atoms with van der Waals surface area (Å²) < 4.78 is 0. The van der Waals surface area contributed by atoms with Crippen LogP contribution in [-0.2, 0) is 9.59 Å². The first-order valence-electron chi connectivity index (χ1n) is 11.3. The van der Waals surface area contributed by atoms with E-state index in [4.69, 9.17) is 0 Å². The predicted molar refractivity (Wildman–Crippen MR) is 126 cm³/mol. The molecular weight excluding hydrogens is 386 g/mol. The van der Waals surface area contributed by atoms with Gasteiger partial charge in [-0.25, -0.2) is 0 Å². The Hall–Kier alpha value is -3.08. The van der Waals surface area contributed by atoms with Crippen molar-refractivity contribution in [1.82, 2.24) is 4.90 Å². The van der Waals surface area contributed by atoms with E-state index in [2.05, 4.69) is 22.3 Å². The smallest absolute Gasteiger partial charge is 0.278 e. The first kappa shape index (κ1) is 21.2. The minimum Gasteiger partial charge on any atom is -0.372 e. The average Bonchev–Trinajstić information content (AvgIpc) is 3.01. The second-order valence-corrected chi connectivity index (χ2v) is 8.53. The van der Waals surface area contributed by atoms with Crippen molar-refractivity contribution < 1.29 is 9.59 Å². The molecule has 2 heterocycles. The molecule has 0 radical (unpaired) electrons. The van der Waals surface area contributed by atoms with Crippen molar-refractivity contribution in [1.29, 1.82) is 0 Å². The molecule has 1 N–H and O–H groups in total. The lowest BCUT2D eigenvalue weighted by molar-refractivity contribution is -0.136. The molecule has 1 fully saturated rings. The third-order valence-corrected chi connectivity index (χ3v) is 6.27. The molecule has 2 aromatic carbocycles. The molecule has 2 aliphatic rings. The van der Waals surface area contributed by atoms with Crippen LogP contribution in [0.4, 0.5) is 11.4 Å². The van der Waals surface area contributed by atoms with Gasteiger partial charge in [-0.3, -0.25) is 14.5 Å². The van der Waals surface area contributed by atoms with Crippen molar-refractivity contribution in [2.75, 3.05) is 29.9 Å². The Labute approximate surface area is 184 Å². The highest BCUT2D eigenvalue weighted by atomic mass is 16.2. The number of imide groups is 1. The molecule has 0 spiro atoms. The van der Waals surface area contributed by atoms with Crippen LogP contribution in [0.25, 0.3) is 5.57 Å². The molecule has 0 aliphatic carbocycles. The van der Waals surface area contributed by atoms with Crippen molar-refractivity contribution in [3.05, 3.63) is 64.9 Å². The Bertz CT molecular complexity index is 1020. The Balaban J connectivity index is 1.66. The number of aryl methyl sites for hydroxylation is 2. The van der Waals surface area contributed by atoms with E-state index in [1.807, 2.05) is 51.1 Å². The van der Waals surface area contributed by atoms with Crippen LogP contribution >= 0.6 is 0 Å². The van der Waals surface area contributed by atoms with Crippen molar-refractivity contribution in [3.8, 4) is 0 Å². The summed E-state index contributed by atoms with van der Waals surface area (Å²) in [4.78, 5) is 30.1. The summed E-state index contributed by atoms with van der Waals surface area (Å²) in [5.41, 5.74) is 5.90. The molecule has 0 unspecified atom stereocenters. The van der Waals surface area contributed by atoms with E-state index < -0.39 is 0 Å². The summed E-state index contributed by atoms with van der Waals surface area (Å²) in [5, 5.41) is 3.27. The van der Waals surface area contributed by atoms with Gasteiger partial charge in [0.2, 0.25) is 0 Å². The van der Waals surface area contributed by atoms with Gasteiger partial charge in [0.1, 0.15) is 5.70 Å². The number of nitrogens with one attached hydrogen (secondary N) is 1. The Kier molecular flexibility index (Phi) is 6.12. The molecule has 1 saturated heterocycles. The van der Waals surface area contributed by atoms with Gasteiger partial charge in [-0.15, -0.1) is 0 Å². The Morgan fingerprint density at radius 2 is 1.58 bits per heavy atom. The molecule has 2 aliphatic heterocycles. The number of carbonyl (C=O) groups excluding carboxylic acids is 2. The van der Waals surface area contributed by atoms with Crippen molar-refractivity contribution in [3.63, 3.8) is 0 Å². The maximum absolute atomic E-state index is 13.2. The van der Waals surface area contributed by atoms with Crippen molar-refractivity contribution in [2.24, 2.45) is 0 Å². The summed E-state index contributed by atoms with van der Waals surface area (Å²) in [7, 11) is 0. The zero-order chi connectivity index (χ0) is 22.0. The highest BCUT2D eigenvalue weighted by molar-refractivity contribution is 6.36. The highest BCUT2D eigenvalue weighted by Gasteiger charge is 2.38. The highest BCUT2D eigenvalue weighted by Crippen LogP contribution is 2.32. The summed E-state index contributed by atoms with van der Waals surface area (Å²) in [6.45, 7) is 8.64.